The second-order valence-corrected chi connectivity index (χ2v) is 2.30. The third-order valence-corrected chi connectivity index (χ3v) is 0.872. The van der Waals surface area contributed by atoms with Gasteiger partial charge in [-0.2, -0.15) is 0 Å². The van der Waals surface area contributed by atoms with E-state index in [0.717, 1.165) is 5.57 Å². The van der Waals surface area contributed by atoms with E-state index in [0.29, 0.717) is 13.0 Å². The van der Waals surface area contributed by atoms with Crippen LogP contribution < -0.4 is 11.1 Å². The van der Waals surface area contributed by atoms with Gasteiger partial charge in [0, 0.05) is 7.05 Å². The Bertz CT molecular complexity index is 120. The van der Waals surface area contributed by atoms with Crippen molar-refractivity contribution in [2.75, 3.05) is 20.3 Å². The number of nitrogens with one attached hydrogen (secondary N) is 1. The Morgan fingerprint density at radius 1 is 1.67 bits per heavy atom. The number of alkyl halides is 1. The third-order valence-electron chi connectivity index (χ3n) is 0.872. The Morgan fingerprint density at radius 2 is 2.25 bits per heavy atom. The van der Waals surface area contributed by atoms with Crippen LogP contribution in [0.5, 0.6) is 0 Å². The third kappa shape index (κ3) is 22.9. The van der Waals surface area contributed by atoms with Crippen LogP contribution in [0, 0.1) is 0 Å². The molecule has 0 spiro atoms. The first-order valence-corrected chi connectivity index (χ1v) is 3.94. The van der Waals surface area contributed by atoms with Gasteiger partial charge >= 0.3 is 0 Å². The van der Waals surface area contributed by atoms with Crippen molar-refractivity contribution in [3.8, 4) is 0 Å². The van der Waals surface area contributed by atoms with Crippen LogP contribution in [0.15, 0.2) is 24.4 Å². The average Bonchev–Trinajstić information content (AvgIpc) is 2.03. The lowest BCUT2D eigenvalue weighted by atomic mass is 10.3. The van der Waals surface area contributed by atoms with Crippen LogP contribution in [0.3, 0.4) is 0 Å². The molecule has 0 unspecified atom stereocenters. The zero-order valence-electron chi connectivity index (χ0n) is 7.94. The molecule has 2 nitrogen and oxygen atoms in total. The highest BCUT2D eigenvalue weighted by Crippen LogP contribution is 1.84. The second-order valence-electron chi connectivity index (χ2n) is 2.30. The summed E-state index contributed by atoms with van der Waals surface area (Å²) in [5, 5.41) is 2.86. The molecule has 0 amide bonds. The first kappa shape index (κ1) is 13.7. The molecule has 0 aliphatic heterocycles. The number of allylic oxidation sites excluding steroid dienone is 2. The van der Waals surface area contributed by atoms with E-state index in [9.17, 15) is 4.39 Å². The van der Waals surface area contributed by atoms with E-state index < -0.39 is 0 Å². The maximum atomic E-state index is 10.9. The van der Waals surface area contributed by atoms with Crippen LogP contribution in [0.1, 0.15) is 13.3 Å². The van der Waals surface area contributed by atoms with E-state index in [4.69, 9.17) is 5.73 Å². The van der Waals surface area contributed by atoms with Crippen molar-refractivity contribution in [3.05, 3.63) is 24.4 Å². The summed E-state index contributed by atoms with van der Waals surface area (Å²) in [6.45, 7) is 5.81. The summed E-state index contributed by atoms with van der Waals surface area (Å²) in [6, 6.07) is 0. The Hall–Kier alpha value is -0.830. The van der Waals surface area contributed by atoms with Crippen LogP contribution in [0.4, 0.5) is 4.39 Å². The number of halogens is 1. The van der Waals surface area contributed by atoms with Crippen LogP contribution in [-0.4, -0.2) is 20.3 Å². The summed E-state index contributed by atoms with van der Waals surface area (Å²) >= 11 is 0. The molecule has 0 saturated carbocycles. The van der Waals surface area contributed by atoms with Crippen LogP contribution >= 0.6 is 0 Å². The minimum absolute atomic E-state index is 0.281. The van der Waals surface area contributed by atoms with E-state index in [-0.39, 0.29) is 6.67 Å². The molecule has 0 aromatic rings. The van der Waals surface area contributed by atoms with Crippen LogP contribution in [0.25, 0.3) is 0 Å². The van der Waals surface area contributed by atoms with Crippen molar-refractivity contribution in [2.24, 2.45) is 5.73 Å². The standard InChI is InChI=1S/C6H11N.C3H8FN/c1-6(2)4-5-7-3;4-2-1-3-5/h4-5,7H,1H2,2-3H3;1-3,5H2/b5-4-;. The lowest BCUT2D eigenvalue weighted by Crippen LogP contribution is -1.97. The van der Waals surface area contributed by atoms with Gasteiger partial charge in [-0.1, -0.05) is 12.2 Å². The minimum Gasteiger partial charge on any atom is -0.394 e. The molecule has 12 heavy (non-hydrogen) atoms. The van der Waals surface area contributed by atoms with Gasteiger partial charge in [0.25, 0.3) is 0 Å². The van der Waals surface area contributed by atoms with E-state index >= 15 is 0 Å². The zero-order chi connectivity index (χ0) is 9.82. The maximum absolute atomic E-state index is 10.9. The molecule has 0 heterocycles. The van der Waals surface area contributed by atoms with Gasteiger partial charge < -0.3 is 11.1 Å². The molecule has 0 rings (SSSR count). The van der Waals surface area contributed by atoms with Crippen molar-refractivity contribution >= 4 is 0 Å². The quantitative estimate of drug-likeness (QED) is 0.635. The summed E-state index contributed by atoms with van der Waals surface area (Å²) in [5.41, 5.74) is 5.96. The predicted octanol–water partition coefficient (Wildman–Crippen LogP) is 1.60. The van der Waals surface area contributed by atoms with Crippen molar-refractivity contribution in [1.82, 2.24) is 5.32 Å². The molecular weight excluding hydrogens is 155 g/mol. The van der Waals surface area contributed by atoms with Gasteiger partial charge in [-0.3, -0.25) is 4.39 Å². The fraction of sp³-hybridized carbons (Fsp3) is 0.556. The van der Waals surface area contributed by atoms with Crippen molar-refractivity contribution in [3.63, 3.8) is 0 Å². The summed E-state index contributed by atoms with van der Waals surface area (Å²) in [5.74, 6) is 0. The molecule has 3 N–H and O–H groups in total. The lowest BCUT2D eigenvalue weighted by molar-refractivity contribution is 0.477. The molecule has 0 aromatic heterocycles. The second kappa shape index (κ2) is 12.8. The molecular formula is C9H19FN2. The fourth-order valence-corrected chi connectivity index (χ4v) is 0.303. The van der Waals surface area contributed by atoms with Crippen molar-refractivity contribution in [2.45, 2.75) is 13.3 Å². The molecule has 0 atom stereocenters. The highest BCUT2D eigenvalue weighted by molar-refractivity contribution is 5.09. The van der Waals surface area contributed by atoms with Crippen molar-refractivity contribution < 1.29 is 4.39 Å². The van der Waals surface area contributed by atoms with Gasteiger partial charge in [0.1, 0.15) is 0 Å². The monoisotopic (exact) mass is 174 g/mol. The average molecular weight is 174 g/mol. The SMILES string of the molecule is C=C(C)/C=C\NC.NCCCF. The number of hydrogen-bond donors (Lipinski definition) is 2. The van der Waals surface area contributed by atoms with Gasteiger partial charge in [0.05, 0.1) is 6.67 Å². The largest absolute Gasteiger partial charge is 0.394 e. The van der Waals surface area contributed by atoms with Gasteiger partial charge in [-0.15, -0.1) is 0 Å². The lowest BCUT2D eigenvalue weighted by Gasteiger charge is -1.83. The summed E-state index contributed by atoms with van der Waals surface area (Å²) in [7, 11) is 1.86. The molecule has 3 heteroatoms. The van der Waals surface area contributed by atoms with Gasteiger partial charge in [-0.25, -0.2) is 0 Å². The van der Waals surface area contributed by atoms with E-state index in [1.54, 1.807) is 0 Å². The molecule has 72 valence electrons. The first-order chi connectivity index (χ1) is 5.68. The van der Waals surface area contributed by atoms with E-state index in [2.05, 4.69) is 11.9 Å². The molecule has 0 fully saturated rings. The van der Waals surface area contributed by atoms with Crippen LogP contribution in [0.2, 0.25) is 0 Å². The van der Waals surface area contributed by atoms with Gasteiger partial charge in [0.15, 0.2) is 0 Å². The Kier molecular flexibility index (Phi) is 14.7. The van der Waals surface area contributed by atoms with Crippen LogP contribution in [-0.2, 0) is 0 Å². The highest BCUT2D eigenvalue weighted by Gasteiger charge is 1.71. The fourth-order valence-electron chi connectivity index (χ4n) is 0.303. The summed E-state index contributed by atoms with van der Waals surface area (Å²) < 4.78 is 10.9. The normalized spacial score (nSPS) is 9.00. The zero-order valence-corrected chi connectivity index (χ0v) is 7.94. The Balaban J connectivity index is 0. The molecule has 0 aliphatic carbocycles. The topological polar surface area (TPSA) is 38.0 Å². The first-order valence-electron chi connectivity index (χ1n) is 3.94. The van der Waals surface area contributed by atoms with Crippen molar-refractivity contribution in [1.29, 1.82) is 0 Å². The van der Waals surface area contributed by atoms with E-state index in [1.807, 2.05) is 26.2 Å². The summed E-state index contributed by atoms with van der Waals surface area (Å²) in [6.07, 6.45) is 4.27. The predicted molar refractivity (Wildman–Crippen MR) is 52.7 cm³/mol. The number of hydrogen-bond acceptors (Lipinski definition) is 2. The van der Waals surface area contributed by atoms with Gasteiger partial charge in [0.2, 0.25) is 0 Å². The smallest absolute Gasteiger partial charge is 0.0906 e. The molecule has 0 aliphatic rings. The van der Waals surface area contributed by atoms with Gasteiger partial charge in [-0.05, 0) is 32.2 Å². The molecule has 0 radical (unpaired) electrons. The molecule has 0 aromatic carbocycles. The molecule has 0 bridgehead atoms. The molecule has 0 saturated heterocycles. The van der Waals surface area contributed by atoms with E-state index in [1.165, 1.54) is 0 Å². The minimum atomic E-state index is -0.281. The summed E-state index contributed by atoms with van der Waals surface area (Å²) in [4.78, 5) is 0. The highest BCUT2D eigenvalue weighted by atomic mass is 19.1. The Labute approximate surface area is 74.3 Å². The number of rotatable bonds is 4. The maximum Gasteiger partial charge on any atom is 0.0906 e. The number of nitrogens with two attached hydrogens (primary N) is 1. The Morgan fingerprint density at radius 3 is 2.33 bits per heavy atom.